The zero-order valence-corrected chi connectivity index (χ0v) is 12.8. The van der Waals surface area contributed by atoms with Gasteiger partial charge in [-0.2, -0.15) is 0 Å². The third-order valence-corrected chi connectivity index (χ3v) is 4.65. The van der Waals surface area contributed by atoms with Crippen LogP contribution in [0.3, 0.4) is 0 Å². The van der Waals surface area contributed by atoms with Gasteiger partial charge in [0.25, 0.3) is 0 Å². The summed E-state index contributed by atoms with van der Waals surface area (Å²) in [5.41, 5.74) is 1.10. The first-order valence-corrected chi connectivity index (χ1v) is 8.07. The van der Waals surface area contributed by atoms with Crippen LogP contribution in [0.5, 0.6) is 0 Å². The van der Waals surface area contributed by atoms with E-state index in [1.165, 1.54) is 12.8 Å². The molecule has 0 spiro atoms. The van der Waals surface area contributed by atoms with Gasteiger partial charge in [-0.3, -0.25) is 4.79 Å². The van der Waals surface area contributed by atoms with Crippen LogP contribution >= 0.6 is 0 Å². The molecule has 3 rings (SSSR count). The molecule has 21 heavy (non-hydrogen) atoms. The fraction of sp³-hybridized carbons (Fsp3) is 0.688. The topological polar surface area (TPSA) is 49.3 Å². The minimum atomic E-state index is 0.206. The Bertz CT molecular complexity index is 499. The summed E-state index contributed by atoms with van der Waals surface area (Å²) >= 11 is 0. The highest BCUT2D eigenvalue weighted by molar-refractivity contribution is 5.73. The number of rotatable bonds is 4. The molecule has 0 bridgehead atoms. The number of anilines is 1. The average molecular weight is 288 g/mol. The monoisotopic (exact) mass is 288 g/mol. The van der Waals surface area contributed by atoms with E-state index in [1.807, 2.05) is 4.90 Å². The van der Waals surface area contributed by atoms with Crippen molar-refractivity contribution in [2.45, 2.75) is 51.5 Å². The van der Waals surface area contributed by atoms with Crippen LogP contribution in [-0.4, -0.2) is 46.5 Å². The van der Waals surface area contributed by atoms with Crippen molar-refractivity contribution in [3.05, 3.63) is 18.1 Å². The molecule has 2 aliphatic heterocycles. The van der Waals surface area contributed by atoms with E-state index >= 15 is 0 Å². The molecular formula is C16H24N4O. The molecule has 0 radical (unpaired) electrons. The summed E-state index contributed by atoms with van der Waals surface area (Å²) in [6.45, 7) is 4.81. The second kappa shape index (κ2) is 6.41. The molecule has 2 saturated heterocycles. The van der Waals surface area contributed by atoms with Crippen LogP contribution in [0.1, 0.15) is 44.7 Å². The summed E-state index contributed by atoms with van der Waals surface area (Å²) in [7, 11) is 0. The molecule has 2 aliphatic rings. The molecule has 1 atom stereocenters. The van der Waals surface area contributed by atoms with Gasteiger partial charge in [0, 0.05) is 44.4 Å². The van der Waals surface area contributed by atoms with Crippen molar-refractivity contribution in [2.24, 2.45) is 0 Å². The normalized spacial score (nSPS) is 22.0. The lowest BCUT2D eigenvalue weighted by Crippen LogP contribution is -2.33. The number of likely N-dealkylation sites (tertiary alicyclic amines) is 1. The molecule has 1 aromatic heterocycles. The number of carbonyl (C=O) groups is 1. The third-order valence-electron chi connectivity index (χ3n) is 4.65. The van der Waals surface area contributed by atoms with Crippen molar-refractivity contribution < 1.29 is 4.79 Å². The van der Waals surface area contributed by atoms with E-state index in [0.717, 1.165) is 56.8 Å². The second-order valence-corrected chi connectivity index (χ2v) is 6.11. The van der Waals surface area contributed by atoms with Crippen molar-refractivity contribution in [1.29, 1.82) is 0 Å². The van der Waals surface area contributed by atoms with Gasteiger partial charge in [0.1, 0.15) is 12.1 Å². The van der Waals surface area contributed by atoms with Crippen LogP contribution in [-0.2, 0) is 11.2 Å². The van der Waals surface area contributed by atoms with Crippen LogP contribution in [0.25, 0.3) is 0 Å². The van der Waals surface area contributed by atoms with E-state index in [9.17, 15) is 4.79 Å². The Hall–Kier alpha value is -1.65. The van der Waals surface area contributed by atoms with Gasteiger partial charge in [0.05, 0.1) is 0 Å². The lowest BCUT2D eigenvalue weighted by Gasteiger charge is -2.23. The van der Waals surface area contributed by atoms with Crippen molar-refractivity contribution >= 4 is 11.7 Å². The number of hydrogen-bond donors (Lipinski definition) is 0. The van der Waals surface area contributed by atoms with Gasteiger partial charge in [-0.25, -0.2) is 9.97 Å². The SMILES string of the molecule is CC(=O)N1CCCC1CCc1cc(N2CCCC2)ncn1. The highest BCUT2D eigenvalue weighted by atomic mass is 16.2. The summed E-state index contributed by atoms with van der Waals surface area (Å²) in [6, 6.07) is 2.52. The Balaban J connectivity index is 1.60. The van der Waals surface area contributed by atoms with Gasteiger partial charge in [-0.1, -0.05) is 0 Å². The zero-order chi connectivity index (χ0) is 14.7. The van der Waals surface area contributed by atoms with E-state index in [2.05, 4.69) is 20.9 Å². The second-order valence-electron chi connectivity index (χ2n) is 6.11. The van der Waals surface area contributed by atoms with Crippen LogP contribution in [0.4, 0.5) is 5.82 Å². The number of nitrogens with zero attached hydrogens (tertiary/aromatic N) is 4. The quantitative estimate of drug-likeness (QED) is 0.850. The molecule has 3 heterocycles. The predicted molar refractivity (Wildman–Crippen MR) is 82.2 cm³/mol. The number of aromatic nitrogens is 2. The largest absolute Gasteiger partial charge is 0.357 e. The Labute approximate surface area is 126 Å². The van der Waals surface area contributed by atoms with Gasteiger partial charge in [-0.05, 0) is 38.5 Å². The highest BCUT2D eigenvalue weighted by Crippen LogP contribution is 2.23. The zero-order valence-electron chi connectivity index (χ0n) is 12.8. The predicted octanol–water partition coefficient (Wildman–Crippen LogP) is 2.02. The number of hydrogen-bond acceptors (Lipinski definition) is 4. The fourth-order valence-electron chi connectivity index (χ4n) is 3.51. The van der Waals surface area contributed by atoms with Gasteiger partial charge < -0.3 is 9.80 Å². The summed E-state index contributed by atoms with van der Waals surface area (Å²) in [4.78, 5) is 24.7. The van der Waals surface area contributed by atoms with E-state index in [-0.39, 0.29) is 5.91 Å². The Kier molecular flexibility index (Phi) is 4.36. The van der Waals surface area contributed by atoms with Gasteiger partial charge in [0.15, 0.2) is 0 Å². The molecule has 1 aromatic rings. The lowest BCUT2D eigenvalue weighted by molar-refractivity contribution is -0.129. The number of carbonyl (C=O) groups excluding carboxylic acids is 1. The average Bonchev–Trinajstić information content (AvgIpc) is 3.16. The molecule has 114 valence electrons. The van der Waals surface area contributed by atoms with E-state index in [0.29, 0.717) is 6.04 Å². The van der Waals surface area contributed by atoms with Crippen LogP contribution in [0.15, 0.2) is 12.4 Å². The molecule has 0 aliphatic carbocycles. The molecule has 5 nitrogen and oxygen atoms in total. The maximum atomic E-state index is 11.6. The van der Waals surface area contributed by atoms with E-state index in [1.54, 1.807) is 13.3 Å². The summed E-state index contributed by atoms with van der Waals surface area (Å²) in [5, 5.41) is 0. The molecular weight excluding hydrogens is 264 g/mol. The van der Waals surface area contributed by atoms with Crippen LogP contribution in [0, 0.1) is 0 Å². The van der Waals surface area contributed by atoms with Crippen LogP contribution in [0.2, 0.25) is 0 Å². The molecule has 0 saturated carbocycles. The van der Waals surface area contributed by atoms with Gasteiger partial charge in [-0.15, -0.1) is 0 Å². The first-order valence-electron chi connectivity index (χ1n) is 8.07. The lowest BCUT2D eigenvalue weighted by atomic mass is 10.1. The van der Waals surface area contributed by atoms with Crippen molar-refractivity contribution in [3.63, 3.8) is 0 Å². The first-order chi connectivity index (χ1) is 10.2. The molecule has 0 N–H and O–H groups in total. The van der Waals surface area contributed by atoms with Crippen molar-refractivity contribution in [2.75, 3.05) is 24.5 Å². The first kappa shape index (κ1) is 14.3. The summed E-state index contributed by atoms with van der Waals surface area (Å²) in [6.07, 6.45) is 8.40. The summed E-state index contributed by atoms with van der Waals surface area (Å²) in [5.74, 6) is 1.27. The molecule has 2 fully saturated rings. The Morgan fingerprint density at radius 2 is 2.05 bits per heavy atom. The smallest absolute Gasteiger partial charge is 0.219 e. The fourth-order valence-corrected chi connectivity index (χ4v) is 3.51. The highest BCUT2D eigenvalue weighted by Gasteiger charge is 2.26. The molecule has 0 aromatic carbocycles. The standard InChI is InChI=1S/C16H24N4O/c1-13(21)20-10-4-5-15(20)7-6-14-11-16(18-12-17-14)19-8-2-3-9-19/h11-12,15H,2-10H2,1H3. The van der Waals surface area contributed by atoms with Crippen molar-refractivity contribution in [3.8, 4) is 0 Å². The minimum Gasteiger partial charge on any atom is -0.357 e. The van der Waals surface area contributed by atoms with E-state index < -0.39 is 0 Å². The van der Waals surface area contributed by atoms with Crippen LogP contribution < -0.4 is 4.90 Å². The third kappa shape index (κ3) is 3.34. The van der Waals surface area contributed by atoms with Crippen molar-refractivity contribution in [1.82, 2.24) is 14.9 Å². The number of aryl methyl sites for hydroxylation is 1. The molecule has 1 amide bonds. The summed E-state index contributed by atoms with van der Waals surface area (Å²) < 4.78 is 0. The minimum absolute atomic E-state index is 0.206. The molecule has 5 heteroatoms. The Morgan fingerprint density at radius 3 is 2.81 bits per heavy atom. The van der Waals surface area contributed by atoms with E-state index in [4.69, 9.17) is 0 Å². The van der Waals surface area contributed by atoms with Gasteiger partial charge in [0.2, 0.25) is 5.91 Å². The van der Waals surface area contributed by atoms with Gasteiger partial charge >= 0.3 is 0 Å². The molecule has 1 unspecified atom stereocenters. The maximum Gasteiger partial charge on any atom is 0.219 e. The maximum absolute atomic E-state index is 11.6. The Morgan fingerprint density at radius 1 is 1.24 bits per heavy atom. The number of amides is 1.